The van der Waals surface area contributed by atoms with Crippen LogP contribution in [0.25, 0.3) is 21.5 Å². The number of benzene rings is 3. The quantitative estimate of drug-likeness (QED) is 0.321. The first kappa shape index (κ1) is 16.5. The molecule has 0 saturated carbocycles. The van der Waals surface area contributed by atoms with Gasteiger partial charge in [0, 0.05) is 23.2 Å². The van der Waals surface area contributed by atoms with E-state index in [1.807, 2.05) is 48.7 Å². The van der Waals surface area contributed by atoms with Gasteiger partial charge in [0.2, 0.25) is 0 Å². The van der Waals surface area contributed by atoms with Gasteiger partial charge in [-0.1, -0.05) is 18.2 Å². The summed E-state index contributed by atoms with van der Waals surface area (Å²) in [7, 11) is 1.37. The molecule has 128 valence electrons. The lowest BCUT2D eigenvalue weighted by Crippen LogP contribution is -2.00. The van der Waals surface area contributed by atoms with Crippen molar-refractivity contribution in [3.63, 3.8) is 0 Å². The molecule has 0 aliphatic heterocycles. The Bertz CT molecular complexity index is 1140. The first-order chi connectivity index (χ1) is 12.7. The zero-order chi connectivity index (χ0) is 18.1. The van der Waals surface area contributed by atoms with Gasteiger partial charge in [0.1, 0.15) is 11.5 Å². The van der Waals surface area contributed by atoms with Gasteiger partial charge in [-0.05, 0) is 63.1 Å². The number of esters is 1. The van der Waals surface area contributed by atoms with E-state index >= 15 is 0 Å². The third-order valence-electron chi connectivity index (χ3n) is 4.19. The molecule has 0 atom stereocenters. The summed E-state index contributed by atoms with van der Waals surface area (Å²) in [6, 6.07) is 17.0. The van der Waals surface area contributed by atoms with Gasteiger partial charge < -0.3 is 9.47 Å². The number of pyridine rings is 1. The molecule has 0 unspecified atom stereocenters. The molecule has 0 radical (unpaired) electrons. The van der Waals surface area contributed by atoms with Gasteiger partial charge >= 0.3 is 5.97 Å². The number of methoxy groups -OCH3 is 1. The molecule has 0 aliphatic rings. The summed E-state index contributed by atoms with van der Waals surface area (Å²) in [5.74, 6) is 1.05. The number of halogens is 1. The Kier molecular flexibility index (Phi) is 4.31. The van der Waals surface area contributed by atoms with E-state index in [4.69, 9.17) is 9.47 Å². The number of carbonyl (C=O) groups excluding carboxylic acids is 1. The number of rotatable bonds is 3. The van der Waals surface area contributed by atoms with Gasteiger partial charge in [-0.2, -0.15) is 0 Å². The number of aromatic nitrogens is 1. The molecule has 0 amide bonds. The van der Waals surface area contributed by atoms with Gasteiger partial charge in [-0.3, -0.25) is 4.98 Å². The molecule has 3 aromatic carbocycles. The summed E-state index contributed by atoms with van der Waals surface area (Å²) in [6.45, 7) is 0. The standard InChI is InChI=1S/C21H14BrNO3/c1-25-21(24)13-6-7-15-14(10-13)11-20(16-8-9-23-12-17(15)16)26-19-5-3-2-4-18(19)22/h2-12H,1H3. The lowest BCUT2D eigenvalue weighted by Gasteiger charge is -2.13. The Morgan fingerprint density at radius 2 is 1.81 bits per heavy atom. The van der Waals surface area contributed by atoms with Crippen molar-refractivity contribution in [3.05, 3.63) is 77.0 Å². The molecule has 0 bridgehead atoms. The SMILES string of the molecule is COC(=O)c1ccc2c(c1)cc(Oc1ccccc1Br)c1ccncc12. The van der Waals surface area contributed by atoms with E-state index in [-0.39, 0.29) is 5.97 Å². The summed E-state index contributed by atoms with van der Waals surface area (Å²) in [4.78, 5) is 16.1. The number of carbonyl (C=O) groups is 1. The number of nitrogens with zero attached hydrogens (tertiary/aromatic N) is 1. The van der Waals surface area contributed by atoms with Crippen LogP contribution in [0.4, 0.5) is 0 Å². The van der Waals surface area contributed by atoms with Crippen molar-refractivity contribution < 1.29 is 14.3 Å². The second kappa shape index (κ2) is 6.77. The van der Waals surface area contributed by atoms with Crippen molar-refractivity contribution in [2.24, 2.45) is 0 Å². The topological polar surface area (TPSA) is 48.4 Å². The number of hydrogen-bond acceptors (Lipinski definition) is 4. The fourth-order valence-electron chi connectivity index (χ4n) is 2.95. The van der Waals surface area contributed by atoms with Crippen molar-refractivity contribution in [3.8, 4) is 11.5 Å². The molecule has 4 rings (SSSR count). The van der Waals surface area contributed by atoms with E-state index in [9.17, 15) is 4.79 Å². The van der Waals surface area contributed by atoms with E-state index in [0.717, 1.165) is 26.0 Å². The molecule has 1 aromatic heterocycles. The molecule has 4 aromatic rings. The predicted octanol–water partition coefficient (Wildman–Crippen LogP) is 5.73. The van der Waals surface area contributed by atoms with Gasteiger partial charge in [-0.15, -0.1) is 0 Å². The lowest BCUT2D eigenvalue weighted by atomic mass is 10.0. The highest BCUT2D eigenvalue weighted by molar-refractivity contribution is 9.10. The largest absolute Gasteiger partial charge is 0.465 e. The van der Waals surface area contributed by atoms with Crippen LogP contribution in [0.5, 0.6) is 11.5 Å². The maximum atomic E-state index is 11.9. The molecular formula is C21H14BrNO3. The number of para-hydroxylation sites is 1. The molecule has 4 nitrogen and oxygen atoms in total. The van der Waals surface area contributed by atoms with Gasteiger partial charge in [-0.25, -0.2) is 4.79 Å². The lowest BCUT2D eigenvalue weighted by molar-refractivity contribution is 0.0601. The Morgan fingerprint density at radius 1 is 0.962 bits per heavy atom. The summed E-state index contributed by atoms with van der Waals surface area (Å²) in [5, 5.41) is 3.80. The molecule has 0 N–H and O–H groups in total. The average Bonchev–Trinajstić information content (AvgIpc) is 2.68. The van der Waals surface area contributed by atoms with Crippen LogP contribution in [0.15, 0.2) is 71.5 Å². The van der Waals surface area contributed by atoms with Crippen LogP contribution in [0.1, 0.15) is 10.4 Å². The predicted molar refractivity (Wildman–Crippen MR) is 105 cm³/mol. The minimum atomic E-state index is -0.369. The van der Waals surface area contributed by atoms with Crippen LogP contribution >= 0.6 is 15.9 Å². The molecule has 0 fully saturated rings. The van der Waals surface area contributed by atoms with Crippen LogP contribution in [-0.2, 0) is 4.74 Å². The summed E-state index contributed by atoms with van der Waals surface area (Å²) in [5.41, 5.74) is 0.495. The van der Waals surface area contributed by atoms with Crippen LogP contribution < -0.4 is 4.74 Å². The zero-order valence-corrected chi connectivity index (χ0v) is 15.5. The second-order valence-corrected chi connectivity index (χ2v) is 6.61. The number of fused-ring (bicyclic) bond motifs is 3. The molecule has 5 heteroatoms. The van der Waals surface area contributed by atoms with Crippen molar-refractivity contribution >= 4 is 43.4 Å². The van der Waals surface area contributed by atoms with Crippen LogP contribution in [0.3, 0.4) is 0 Å². The maximum Gasteiger partial charge on any atom is 0.337 e. The third kappa shape index (κ3) is 2.91. The fraction of sp³-hybridized carbons (Fsp3) is 0.0476. The first-order valence-corrected chi connectivity index (χ1v) is 8.78. The molecule has 1 heterocycles. The summed E-state index contributed by atoms with van der Waals surface area (Å²) >= 11 is 3.51. The fourth-order valence-corrected chi connectivity index (χ4v) is 3.31. The van der Waals surface area contributed by atoms with E-state index in [2.05, 4.69) is 20.9 Å². The number of ether oxygens (including phenoxy) is 2. The van der Waals surface area contributed by atoms with Crippen molar-refractivity contribution in [2.75, 3.05) is 7.11 Å². The van der Waals surface area contributed by atoms with E-state index in [1.165, 1.54) is 7.11 Å². The van der Waals surface area contributed by atoms with Gasteiger partial charge in [0.25, 0.3) is 0 Å². The van der Waals surface area contributed by atoms with E-state index in [1.54, 1.807) is 18.3 Å². The van der Waals surface area contributed by atoms with Crippen LogP contribution in [-0.4, -0.2) is 18.1 Å². The minimum absolute atomic E-state index is 0.369. The van der Waals surface area contributed by atoms with Crippen molar-refractivity contribution in [2.45, 2.75) is 0 Å². The maximum absolute atomic E-state index is 11.9. The Morgan fingerprint density at radius 3 is 2.62 bits per heavy atom. The molecule has 0 aliphatic carbocycles. The smallest absolute Gasteiger partial charge is 0.337 e. The highest BCUT2D eigenvalue weighted by Crippen LogP contribution is 2.37. The molecule has 0 spiro atoms. The monoisotopic (exact) mass is 407 g/mol. The zero-order valence-electron chi connectivity index (χ0n) is 13.9. The molecular weight excluding hydrogens is 394 g/mol. The normalized spacial score (nSPS) is 10.8. The van der Waals surface area contributed by atoms with Crippen molar-refractivity contribution in [1.82, 2.24) is 4.98 Å². The molecule has 0 saturated heterocycles. The molecule has 26 heavy (non-hydrogen) atoms. The van der Waals surface area contributed by atoms with Gasteiger partial charge in [0.05, 0.1) is 17.1 Å². The minimum Gasteiger partial charge on any atom is -0.465 e. The third-order valence-corrected chi connectivity index (χ3v) is 4.85. The highest BCUT2D eigenvalue weighted by atomic mass is 79.9. The second-order valence-electron chi connectivity index (χ2n) is 5.76. The van der Waals surface area contributed by atoms with Crippen LogP contribution in [0.2, 0.25) is 0 Å². The first-order valence-electron chi connectivity index (χ1n) is 7.98. The summed E-state index contributed by atoms with van der Waals surface area (Å²) in [6.07, 6.45) is 3.55. The van der Waals surface area contributed by atoms with E-state index < -0.39 is 0 Å². The van der Waals surface area contributed by atoms with Crippen LogP contribution in [0, 0.1) is 0 Å². The Hall–Kier alpha value is -2.92. The Balaban J connectivity index is 1.95. The summed E-state index contributed by atoms with van der Waals surface area (Å²) < 4.78 is 11.9. The van der Waals surface area contributed by atoms with Crippen molar-refractivity contribution in [1.29, 1.82) is 0 Å². The Labute approximate surface area is 158 Å². The van der Waals surface area contributed by atoms with Gasteiger partial charge in [0.15, 0.2) is 0 Å². The van der Waals surface area contributed by atoms with E-state index in [0.29, 0.717) is 17.1 Å². The number of hydrogen-bond donors (Lipinski definition) is 0. The highest BCUT2D eigenvalue weighted by Gasteiger charge is 2.12. The average molecular weight is 408 g/mol.